The third-order valence-corrected chi connectivity index (χ3v) is 5.51. The smallest absolute Gasteiger partial charge is 0.157 e. The lowest BCUT2D eigenvalue weighted by atomic mass is 10.1. The molecular formula is C26H30BrNO. The summed E-state index contributed by atoms with van der Waals surface area (Å²) >= 11 is 3.71. The summed E-state index contributed by atoms with van der Waals surface area (Å²) < 4.78 is 7.29. The van der Waals surface area contributed by atoms with Crippen LogP contribution in [0.5, 0.6) is 5.75 Å². The predicted molar refractivity (Wildman–Crippen MR) is 128 cm³/mol. The average molecular weight is 452 g/mol. The van der Waals surface area contributed by atoms with Crippen LogP contribution in [-0.2, 0) is 0 Å². The third kappa shape index (κ3) is 6.11. The van der Waals surface area contributed by atoms with Crippen LogP contribution in [0.15, 0.2) is 83.3 Å². The van der Waals surface area contributed by atoms with Crippen molar-refractivity contribution in [1.29, 1.82) is 0 Å². The Kier molecular flexibility index (Phi) is 8.18. The van der Waals surface area contributed by atoms with Crippen LogP contribution < -0.4 is 9.64 Å². The van der Waals surface area contributed by atoms with Gasteiger partial charge in [0, 0.05) is 11.4 Å². The first-order valence-electron chi connectivity index (χ1n) is 10.5. The molecule has 0 fully saturated rings. The molecular weight excluding hydrogens is 422 g/mol. The van der Waals surface area contributed by atoms with E-state index in [1.165, 1.54) is 19.3 Å². The summed E-state index contributed by atoms with van der Waals surface area (Å²) in [4.78, 5) is 2.25. The van der Waals surface area contributed by atoms with Crippen molar-refractivity contribution in [3.63, 3.8) is 0 Å². The summed E-state index contributed by atoms with van der Waals surface area (Å²) in [7, 11) is 0. The van der Waals surface area contributed by atoms with Gasteiger partial charge in [0.15, 0.2) is 5.75 Å². The van der Waals surface area contributed by atoms with Gasteiger partial charge in [0.2, 0.25) is 0 Å². The Morgan fingerprint density at radius 2 is 1.38 bits per heavy atom. The lowest BCUT2D eigenvalue weighted by Crippen LogP contribution is -2.12. The zero-order valence-corrected chi connectivity index (χ0v) is 18.9. The van der Waals surface area contributed by atoms with Gasteiger partial charge in [0.1, 0.15) is 0 Å². The number of halogens is 1. The Morgan fingerprint density at radius 1 is 0.759 bits per heavy atom. The van der Waals surface area contributed by atoms with Gasteiger partial charge in [0.05, 0.1) is 16.8 Å². The van der Waals surface area contributed by atoms with Crippen molar-refractivity contribution in [2.45, 2.75) is 39.5 Å². The van der Waals surface area contributed by atoms with Crippen LogP contribution in [0.1, 0.15) is 39.5 Å². The fourth-order valence-electron chi connectivity index (χ4n) is 3.40. The zero-order chi connectivity index (χ0) is 20.5. The molecule has 3 rings (SSSR count). The maximum absolute atomic E-state index is 6.31. The topological polar surface area (TPSA) is 12.5 Å². The third-order valence-electron chi connectivity index (χ3n) is 4.89. The maximum atomic E-state index is 6.31. The molecule has 0 atom stereocenters. The first-order chi connectivity index (χ1) is 14.2. The van der Waals surface area contributed by atoms with Gasteiger partial charge < -0.3 is 9.64 Å². The molecule has 0 aliphatic rings. The second kappa shape index (κ2) is 11.1. The van der Waals surface area contributed by atoms with Crippen molar-refractivity contribution in [2.24, 2.45) is 5.92 Å². The highest BCUT2D eigenvalue weighted by Gasteiger charge is 2.18. The van der Waals surface area contributed by atoms with Crippen LogP contribution in [0.25, 0.3) is 0 Å². The summed E-state index contributed by atoms with van der Waals surface area (Å²) in [6.07, 6.45) is 4.84. The largest absolute Gasteiger partial charge is 0.490 e. The number of para-hydroxylation sites is 3. The highest BCUT2D eigenvalue weighted by molar-refractivity contribution is 9.10. The lowest BCUT2D eigenvalue weighted by Gasteiger charge is -2.27. The summed E-state index contributed by atoms with van der Waals surface area (Å²) in [6, 6.07) is 27.1. The molecule has 0 radical (unpaired) electrons. The van der Waals surface area contributed by atoms with Crippen molar-refractivity contribution in [3.8, 4) is 5.75 Å². The normalized spacial score (nSPS) is 10.9. The molecule has 0 heterocycles. The SMILES string of the molecule is CC(C)CCCCCOc1c(Br)cccc1N(c1ccccc1)c1ccccc1. The molecule has 152 valence electrons. The fourth-order valence-corrected chi connectivity index (χ4v) is 3.87. The number of ether oxygens (including phenoxy) is 1. The molecule has 3 heteroatoms. The van der Waals surface area contributed by atoms with Crippen LogP contribution in [0.2, 0.25) is 0 Å². The monoisotopic (exact) mass is 451 g/mol. The summed E-state index contributed by atoms with van der Waals surface area (Å²) in [6.45, 7) is 5.29. The van der Waals surface area contributed by atoms with E-state index >= 15 is 0 Å². The van der Waals surface area contributed by atoms with Crippen LogP contribution >= 0.6 is 15.9 Å². The van der Waals surface area contributed by atoms with Crippen molar-refractivity contribution in [2.75, 3.05) is 11.5 Å². The van der Waals surface area contributed by atoms with Gasteiger partial charge in [-0.15, -0.1) is 0 Å². The first-order valence-corrected chi connectivity index (χ1v) is 11.3. The van der Waals surface area contributed by atoms with E-state index in [2.05, 4.69) is 95.3 Å². The van der Waals surface area contributed by atoms with Crippen molar-refractivity contribution >= 4 is 33.0 Å². The van der Waals surface area contributed by atoms with E-state index < -0.39 is 0 Å². The maximum Gasteiger partial charge on any atom is 0.157 e. The number of hydrogen-bond donors (Lipinski definition) is 0. The number of unbranched alkanes of at least 4 members (excludes halogenated alkanes) is 2. The van der Waals surface area contributed by atoms with E-state index in [1.54, 1.807) is 0 Å². The van der Waals surface area contributed by atoms with Gasteiger partial charge in [-0.25, -0.2) is 0 Å². The number of hydrogen-bond acceptors (Lipinski definition) is 2. The minimum atomic E-state index is 0.727. The fraction of sp³-hybridized carbons (Fsp3) is 0.308. The molecule has 0 saturated carbocycles. The standard InChI is InChI=1S/C26H30BrNO/c1-21(2)13-6-5-11-20-29-26-24(27)18-12-19-25(26)28(22-14-7-3-8-15-22)23-16-9-4-10-17-23/h3-4,7-10,12,14-19,21H,5-6,11,13,20H2,1-2H3. The van der Waals surface area contributed by atoms with E-state index in [1.807, 2.05) is 18.2 Å². The van der Waals surface area contributed by atoms with Crippen LogP contribution in [-0.4, -0.2) is 6.61 Å². The second-order valence-electron chi connectivity index (χ2n) is 7.69. The van der Waals surface area contributed by atoms with Crippen LogP contribution in [0, 0.1) is 5.92 Å². The molecule has 0 bridgehead atoms. The Morgan fingerprint density at radius 3 is 1.97 bits per heavy atom. The van der Waals surface area contributed by atoms with Crippen LogP contribution in [0.3, 0.4) is 0 Å². The number of nitrogens with zero attached hydrogens (tertiary/aromatic N) is 1. The molecule has 0 saturated heterocycles. The van der Waals surface area contributed by atoms with E-state index in [-0.39, 0.29) is 0 Å². The van der Waals surface area contributed by atoms with Gasteiger partial charge in [-0.3, -0.25) is 0 Å². The molecule has 0 spiro atoms. The Bertz CT molecular complexity index is 825. The highest BCUT2D eigenvalue weighted by Crippen LogP contribution is 2.43. The van der Waals surface area contributed by atoms with E-state index in [0.29, 0.717) is 0 Å². The van der Waals surface area contributed by atoms with Gasteiger partial charge in [-0.05, 0) is 64.7 Å². The van der Waals surface area contributed by atoms with Gasteiger partial charge in [-0.1, -0.05) is 75.6 Å². The molecule has 3 aromatic rings. The summed E-state index contributed by atoms with van der Waals surface area (Å²) in [5.74, 6) is 1.67. The predicted octanol–water partition coefficient (Wildman–Crippen LogP) is 8.51. The second-order valence-corrected chi connectivity index (χ2v) is 8.54. The molecule has 0 aliphatic carbocycles. The Hall–Kier alpha value is -2.26. The molecule has 0 amide bonds. The molecule has 29 heavy (non-hydrogen) atoms. The van der Waals surface area contributed by atoms with Crippen molar-refractivity contribution in [1.82, 2.24) is 0 Å². The molecule has 0 unspecified atom stereocenters. The number of benzene rings is 3. The number of rotatable bonds is 10. The lowest BCUT2D eigenvalue weighted by molar-refractivity contribution is 0.302. The molecule has 0 N–H and O–H groups in total. The minimum Gasteiger partial charge on any atom is -0.490 e. The number of anilines is 3. The Labute approximate surface area is 183 Å². The highest BCUT2D eigenvalue weighted by atomic mass is 79.9. The molecule has 3 aromatic carbocycles. The van der Waals surface area contributed by atoms with E-state index in [9.17, 15) is 0 Å². The zero-order valence-electron chi connectivity index (χ0n) is 17.4. The summed E-state index contributed by atoms with van der Waals surface area (Å²) in [5, 5.41) is 0. The van der Waals surface area contributed by atoms with E-state index in [0.717, 1.165) is 46.2 Å². The average Bonchev–Trinajstić information content (AvgIpc) is 2.74. The first kappa shape index (κ1) is 21.4. The quantitative estimate of drug-likeness (QED) is 0.286. The molecule has 2 nitrogen and oxygen atoms in total. The van der Waals surface area contributed by atoms with Gasteiger partial charge in [0.25, 0.3) is 0 Å². The van der Waals surface area contributed by atoms with Gasteiger partial charge >= 0.3 is 0 Å². The molecule has 0 aromatic heterocycles. The Balaban J connectivity index is 1.84. The summed E-state index contributed by atoms with van der Waals surface area (Å²) in [5.41, 5.74) is 3.26. The van der Waals surface area contributed by atoms with Gasteiger partial charge in [-0.2, -0.15) is 0 Å². The van der Waals surface area contributed by atoms with Crippen LogP contribution in [0.4, 0.5) is 17.1 Å². The van der Waals surface area contributed by atoms with E-state index in [4.69, 9.17) is 4.74 Å². The molecule has 0 aliphatic heterocycles. The van der Waals surface area contributed by atoms with Crippen molar-refractivity contribution < 1.29 is 4.74 Å². The minimum absolute atomic E-state index is 0.727. The van der Waals surface area contributed by atoms with Crippen molar-refractivity contribution in [3.05, 3.63) is 83.3 Å².